The first-order valence-corrected chi connectivity index (χ1v) is 7.83. The van der Waals surface area contributed by atoms with E-state index in [4.69, 9.17) is 11.6 Å². The molecule has 1 N–H and O–H groups in total. The molecular weight excluding hydrogens is 256 g/mol. The fourth-order valence-electron chi connectivity index (χ4n) is 3.26. The summed E-state index contributed by atoms with van der Waals surface area (Å²) in [7, 11) is 0. The molecule has 1 heterocycles. The lowest BCUT2D eigenvalue weighted by Gasteiger charge is -2.43. The van der Waals surface area contributed by atoms with Crippen LogP contribution in [0.15, 0.2) is 18.2 Å². The molecule has 1 saturated carbocycles. The Hall–Kier alpha value is -0.730. The van der Waals surface area contributed by atoms with Gasteiger partial charge in [-0.2, -0.15) is 0 Å². The highest BCUT2D eigenvalue weighted by Gasteiger charge is 2.37. The highest BCUT2D eigenvalue weighted by molar-refractivity contribution is 6.33. The summed E-state index contributed by atoms with van der Waals surface area (Å²) < 4.78 is 0. The Labute approximate surface area is 121 Å². The fourth-order valence-corrected chi connectivity index (χ4v) is 3.59. The number of hydrogen-bond donors (Lipinski definition) is 1. The summed E-state index contributed by atoms with van der Waals surface area (Å²) in [6.45, 7) is 6.63. The average Bonchev–Trinajstić information content (AvgIpc) is 3.23. The molecule has 0 spiro atoms. The standard InChI is InChI=1S/C16H23ClN2/c1-3-13-9-18-15(12-7-8-12)10-19(13)16-11(2)5-4-6-14(16)17/h4-6,12-13,15,18H,3,7-10H2,1-2H3. The molecule has 104 valence electrons. The summed E-state index contributed by atoms with van der Waals surface area (Å²) in [5, 5.41) is 4.63. The van der Waals surface area contributed by atoms with Gasteiger partial charge in [0.1, 0.15) is 0 Å². The summed E-state index contributed by atoms with van der Waals surface area (Å²) in [6.07, 6.45) is 3.95. The van der Waals surface area contributed by atoms with Crippen LogP contribution in [0.2, 0.25) is 5.02 Å². The van der Waals surface area contributed by atoms with E-state index in [-0.39, 0.29) is 0 Å². The summed E-state index contributed by atoms with van der Waals surface area (Å²) in [5.74, 6) is 0.892. The topological polar surface area (TPSA) is 15.3 Å². The molecule has 1 aliphatic heterocycles. The van der Waals surface area contributed by atoms with Gasteiger partial charge in [0.2, 0.25) is 0 Å². The van der Waals surface area contributed by atoms with Crippen LogP contribution in [0, 0.1) is 12.8 Å². The van der Waals surface area contributed by atoms with Gasteiger partial charge in [-0.1, -0.05) is 30.7 Å². The van der Waals surface area contributed by atoms with Crippen molar-refractivity contribution in [3.63, 3.8) is 0 Å². The highest BCUT2D eigenvalue weighted by Crippen LogP contribution is 2.38. The molecule has 0 bridgehead atoms. The van der Waals surface area contributed by atoms with E-state index < -0.39 is 0 Å². The zero-order valence-electron chi connectivity index (χ0n) is 11.8. The van der Waals surface area contributed by atoms with E-state index in [1.807, 2.05) is 12.1 Å². The summed E-state index contributed by atoms with van der Waals surface area (Å²) in [6, 6.07) is 7.45. The molecule has 0 amide bonds. The Morgan fingerprint density at radius 1 is 1.37 bits per heavy atom. The second-order valence-electron chi connectivity index (χ2n) is 5.97. The Balaban J connectivity index is 1.89. The van der Waals surface area contributed by atoms with Gasteiger partial charge in [-0.3, -0.25) is 0 Å². The molecule has 19 heavy (non-hydrogen) atoms. The van der Waals surface area contributed by atoms with Crippen molar-refractivity contribution in [1.82, 2.24) is 5.32 Å². The molecule has 2 atom stereocenters. The molecule has 1 aliphatic carbocycles. The van der Waals surface area contributed by atoms with E-state index >= 15 is 0 Å². The predicted molar refractivity (Wildman–Crippen MR) is 82.1 cm³/mol. The Morgan fingerprint density at radius 3 is 2.79 bits per heavy atom. The Bertz CT molecular complexity index is 436. The van der Waals surface area contributed by atoms with Crippen LogP contribution in [-0.2, 0) is 0 Å². The van der Waals surface area contributed by atoms with Crippen LogP contribution in [-0.4, -0.2) is 25.2 Å². The number of benzene rings is 1. The number of aryl methyl sites for hydroxylation is 1. The lowest BCUT2D eigenvalue weighted by atomic mass is 10.0. The molecule has 1 saturated heterocycles. The maximum absolute atomic E-state index is 6.47. The largest absolute Gasteiger partial charge is 0.364 e. The second kappa shape index (κ2) is 5.34. The second-order valence-corrected chi connectivity index (χ2v) is 6.38. The van der Waals surface area contributed by atoms with Crippen LogP contribution >= 0.6 is 11.6 Å². The number of halogens is 1. The van der Waals surface area contributed by atoms with Crippen LogP contribution in [0.4, 0.5) is 5.69 Å². The van der Waals surface area contributed by atoms with Gasteiger partial charge in [-0.25, -0.2) is 0 Å². The number of rotatable bonds is 3. The van der Waals surface area contributed by atoms with Gasteiger partial charge in [0.25, 0.3) is 0 Å². The molecule has 2 aliphatic rings. The van der Waals surface area contributed by atoms with Crippen molar-refractivity contribution in [3.8, 4) is 0 Å². The number of anilines is 1. The van der Waals surface area contributed by atoms with Crippen molar-refractivity contribution in [2.24, 2.45) is 5.92 Å². The molecular formula is C16H23ClN2. The molecule has 2 fully saturated rings. The molecule has 3 heteroatoms. The van der Waals surface area contributed by atoms with Crippen molar-refractivity contribution in [1.29, 1.82) is 0 Å². The van der Waals surface area contributed by atoms with Crippen LogP contribution in [0.1, 0.15) is 31.7 Å². The van der Waals surface area contributed by atoms with Crippen LogP contribution < -0.4 is 10.2 Å². The fraction of sp³-hybridized carbons (Fsp3) is 0.625. The molecule has 2 unspecified atom stereocenters. The Kier molecular flexibility index (Phi) is 3.72. The smallest absolute Gasteiger partial charge is 0.0642 e. The van der Waals surface area contributed by atoms with E-state index in [1.165, 1.54) is 24.1 Å². The van der Waals surface area contributed by atoms with Crippen molar-refractivity contribution in [2.45, 2.75) is 45.2 Å². The van der Waals surface area contributed by atoms with Crippen molar-refractivity contribution in [2.75, 3.05) is 18.0 Å². The number of nitrogens with zero attached hydrogens (tertiary/aromatic N) is 1. The highest BCUT2D eigenvalue weighted by atomic mass is 35.5. The molecule has 0 radical (unpaired) electrons. The SMILES string of the molecule is CCC1CNC(C2CC2)CN1c1c(C)cccc1Cl. The molecule has 3 rings (SSSR count). The first-order valence-electron chi connectivity index (χ1n) is 7.45. The lowest BCUT2D eigenvalue weighted by Crippen LogP contribution is -2.57. The van der Waals surface area contributed by atoms with Crippen molar-refractivity contribution in [3.05, 3.63) is 28.8 Å². The zero-order chi connectivity index (χ0) is 13.4. The van der Waals surface area contributed by atoms with Crippen molar-refractivity contribution < 1.29 is 0 Å². The van der Waals surface area contributed by atoms with E-state index in [0.717, 1.165) is 30.5 Å². The predicted octanol–water partition coefficient (Wildman–Crippen LogP) is 3.62. The third-order valence-corrected chi connectivity index (χ3v) is 4.89. The number of nitrogens with one attached hydrogen (secondary N) is 1. The summed E-state index contributed by atoms with van der Waals surface area (Å²) in [5.41, 5.74) is 2.55. The Morgan fingerprint density at radius 2 is 2.16 bits per heavy atom. The number of para-hydroxylation sites is 1. The summed E-state index contributed by atoms with van der Waals surface area (Å²) >= 11 is 6.47. The van der Waals surface area contributed by atoms with E-state index in [1.54, 1.807) is 0 Å². The van der Waals surface area contributed by atoms with Gasteiger partial charge >= 0.3 is 0 Å². The molecule has 0 aromatic heterocycles. The van der Waals surface area contributed by atoms with E-state index in [9.17, 15) is 0 Å². The molecule has 1 aromatic rings. The minimum Gasteiger partial charge on any atom is -0.364 e. The minimum atomic E-state index is 0.564. The lowest BCUT2D eigenvalue weighted by molar-refractivity contribution is 0.359. The monoisotopic (exact) mass is 278 g/mol. The van der Waals surface area contributed by atoms with E-state index in [2.05, 4.69) is 30.1 Å². The van der Waals surface area contributed by atoms with Crippen molar-refractivity contribution >= 4 is 17.3 Å². The van der Waals surface area contributed by atoms with E-state index in [0.29, 0.717) is 12.1 Å². The van der Waals surface area contributed by atoms with Gasteiger partial charge in [0, 0.05) is 25.2 Å². The van der Waals surface area contributed by atoms with Gasteiger partial charge in [-0.05, 0) is 43.7 Å². The first-order chi connectivity index (χ1) is 9.20. The van der Waals surface area contributed by atoms with Gasteiger partial charge in [-0.15, -0.1) is 0 Å². The zero-order valence-corrected chi connectivity index (χ0v) is 12.6. The number of piperazine rings is 1. The molecule has 2 nitrogen and oxygen atoms in total. The third-order valence-electron chi connectivity index (χ3n) is 4.59. The summed E-state index contributed by atoms with van der Waals surface area (Å²) in [4.78, 5) is 2.55. The maximum Gasteiger partial charge on any atom is 0.0642 e. The first kappa shape index (κ1) is 13.3. The maximum atomic E-state index is 6.47. The van der Waals surface area contributed by atoms with Gasteiger partial charge < -0.3 is 10.2 Å². The number of hydrogen-bond acceptors (Lipinski definition) is 2. The van der Waals surface area contributed by atoms with Crippen LogP contribution in [0.3, 0.4) is 0 Å². The normalized spacial score (nSPS) is 27.6. The minimum absolute atomic E-state index is 0.564. The van der Waals surface area contributed by atoms with Gasteiger partial charge in [0.15, 0.2) is 0 Å². The molecule has 1 aromatic carbocycles. The van der Waals surface area contributed by atoms with Crippen LogP contribution in [0.5, 0.6) is 0 Å². The quantitative estimate of drug-likeness (QED) is 0.909. The third kappa shape index (κ3) is 2.61. The van der Waals surface area contributed by atoms with Crippen LogP contribution in [0.25, 0.3) is 0 Å². The average molecular weight is 279 g/mol. The van der Waals surface area contributed by atoms with Gasteiger partial charge in [0.05, 0.1) is 10.7 Å².